The zero-order chi connectivity index (χ0) is 21.8. The number of H-pyrrole nitrogens is 1. The molecule has 0 saturated carbocycles. The summed E-state index contributed by atoms with van der Waals surface area (Å²) in [5.41, 5.74) is 3.95. The Labute approximate surface area is 183 Å². The first-order chi connectivity index (χ1) is 15.7. The molecule has 0 aliphatic carbocycles. The van der Waals surface area contributed by atoms with Crippen LogP contribution >= 0.6 is 0 Å². The van der Waals surface area contributed by atoms with E-state index in [2.05, 4.69) is 35.2 Å². The molecule has 0 aliphatic rings. The minimum atomic E-state index is -0.159. The quantitative estimate of drug-likeness (QED) is 0.428. The lowest BCUT2D eigenvalue weighted by Crippen LogP contribution is -2.14. The van der Waals surface area contributed by atoms with Crippen LogP contribution in [0.15, 0.2) is 79.3 Å². The Balaban J connectivity index is 1.37. The van der Waals surface area contributed by atoms with Crippen molar-refractivity contribution in [1.29, 1.82) is 0 Å². The van der Waals surface area contributed by atoms with Crippen molar-refractivity contribution < 1.29 is 4.79 Å². The summed E-state index contributed by atoms with van der Waals surface area (Å²) in [7, 11) is 0. The second-order valence-corrected chi connectivity index (χ2v) is 7.17. The molecule has 0 atom stereocenters. The number of anilines is 1. The average Bonchev–Trinajstić information content (AvgIpc) is 3.27. The Morgan fingerprint density at radius 1 is 0.906 bits per heavy atom. The number of nitrogens with zero attached hydrogens (tertiary/aromatic N) is 5. The van der Waals surface area contributed by atoms with Crippen molar-refractivity contribution in [3.63, 3.8) is 0 Å². The maximum absolute atomic E-state index is 12.7. The Hall–Kier alpha value is -4.46. The van der Waals surface area contributed by atoms with Crippen LogP contribution in [-0.4, -0.2) is 35.8 Å². The third-order valence-corrected chi connectivity index (χ3v) is 4.87. The molecule has 0 spiro atoms. The number of imidazole rings is 1. The van der Waals surface area contributed by atoms with E-state index in [0.717, 1.165) is 22.4 Å². The van der Waals surface area contributed by atoms with E-state index in [-0.39, 0.29) is 12.3 Å². The number of pyridine rings is 2. The maximum atomic E-state index is 12.7. The number of rotatable bonds is 6. The monoisotopic (exact) mass is 421 g/mol. The highest BCUT2D eigenvalue weighted by atomic mass is 16.1. The van der Waals surface area contributed by atoms with Gasteiger partial charge in [0.2, 0.25) is 5.91 Å². The van der Waals surface area contributed by atoms with Gasteiger partial charge < -0.3 is 10.3 Å². The lowest BCUT2D eigenvalue weighted by Gasteiger charge is -2.09. The van der Waals surface area contributed by atoms with Crippen LogP contribution < -0.4 is 5.32 Å². The molecule has 1 amide bonds. The molecule has 5 rings (SSSR count). The summed E-state index contributed by atoms with van der Waals surface area (Å²) in [6.07, 6.45) is 5.86. The topological polar surface area (TPSA) is 109 Å². The van der Waals surface area contributed by atoms with E-state index in [1.165, 1.54) is 0 Å². The van der Waals surface area contributed by atoms with Gasteiger partial charge >= 0.3 is 0 Å². The van der Waals surface area contributed by atoms with Gasteiger partial charge in [0.05, 0.1) is 16.7 Å². The third-order valence-electron chi connectivity index (χ3n) is 4.87. The number of nitrogens with one attached hydrogen (secondary N) is 2. The summed E-state index contributed by atoms with van der Waals surface area (Å²) in [6.45, 7) is 0. The fourth-order valence-corrected chi connectivity index (χ4v) is 3.34. The summed E-state index contributed by atoms with van der Waals surface area (Å²) in [5, 5.41) is 2.89. The number of benzene rings is 1. The number of carbonyl (C=O) groups is 1. The molecule has 0 radical (unpaired) electrons. The van der Waals surface area contributed by atoms with E-state index in [1.54, 1.807) is 24.7 Å². The van der Waals surface area contributed by atoms with Crippen LogP contribution in [0, 0.1) is 0 Å². The van der Waals surface area contributed by atoms with Crippen LogP contribution in [0.5, 0.6) is 0 Å². The second-order valence-electron chi connectivity index (χ2n) is 7.17. The minimum absolute atomic E-state index is 0.159. The van der Waals surface area contributed by atoms with Crippen molar-refractivity contribution in [3.8, 4) is 22.8 Å². The molecular weight excluding hydrogens is 402 g/mol. The zero-order valence-corrected chi connectivity index (χ0v) is 17.1. The molecule has 0 unspecified atom stereocenters. The summed E-state index contributed by atoms with van der Waals surface area (Å²) < 4.78 is 0. The summed E-state index contributed by atoms with van der Waals surface area (Å²) >= 11 is 0. The number of hydrogen-bond donors (Lipinski definition) is 2. The van der Waals surface area contributed by atoms with Gasteiger partial charge in [0.1, 0.15) is 17.3 Å². The lowest BCUT2D eigenvalue weighted by molar-refractivity contribution is -0.116. The maximum Gasteiger partial charge on any atom is 0.225 e. The fourth-order valence-electron chi connectivity index (χ4n) is 3.34. The molecule has 0 saturated heterocycles. The van der Waals surface area contributed by atoms with Gasteiger partial charge in [-0.3, -0.25) is 14.8 Å². The molecule has 1 aromatic carbocycles. The highest BCUT2D eigenvalue weighted by Crippen LogP contribution is 2.23. The number of aromatic amines is 1. The number of fused-ring (bicyclic) bond motifs is 1. The third kappa shape index (κ3) is 4.34. The first-order valence-electron chi connectivity index (χ1n) is 10.2. The molecule has 0 bridgehead atoms. The van der Waals surface area contributed by atoms with Crippen LogP contribution in [0.3, 0.4) is 0 Å². The van der Waals surface area contributed by atoms with Crippen molar-refractivity contribution in [2.24, 2.45) is 0 Å². The van der Waals surface area contributed by atoms with Crippen molar-refractivity contribution in [3.05, 3.63) is 85.1 Å². The van der Waals surface area contributed by atoms with Crippen LogP contribution in [-0.2, 0) is 11.2 Å². The highest BCUT2D eigenvalue weighted by molar-refractivity contribution is 5.90. The molecule has 32 heavy (non-hydrogen) atoms. The zero-order valence-electron chi connectivity index (χ0n) is 17.1. The van der Waals surface area contributed by atoms with Gasteiger partial charge in [0.25, 0.3) is 0 Å². The summed E-state index contributed by atoms with van der Waals surface area (Å²) in [5.74, 6) is 1.45. The number of amides is 1. The van der Waals surface area contributed by atoms with Gasteiger partial charge in [-0.1, -0.05) is 18.2 Å². The molecule has 0 aliphatic heterocycles. The normalized spacial score (nSPS) is 10.9. The van der Waals surface area contributed by atoms with Crippen LogP contribution in [0.25, 0.3) is 33.8 Å². The van der Waals surface area contributed by atoms with Gasteiger partial charge in [-0.15, -0.1) is 0 Å². The van der Waals surface area contributed by atoms with Gasteiger partial charge in [0.15, 0.2) is 5.82 Å². The summed E-state index contributed by atoms with van der Waals surface area (Å²) in [6, 6.07) is 18.8. The van der Waals surface area contributed by atoms with Crippen LogP contribution in [0.4, 0.5) is 5.82 Å². The van der Waals surface area contributed by atoms with Crippen molar-refractivity contribution in [2.45, 2.75) is 12.8 Å². The molecule has 4 aromatic heterocycles. The van der Waals surface area contributed by atoms with Gasteiger partial charge in [-0.05, 0) is 36.4 Å². The Morgan fingerprint density at radius 2 is 1.81 bits per heavy atom. The van der Waals surface area contributed by atoms with E-state index in [4.69, 9.17) is 0 Å². The Kier molecular flexibility index (Phi) is 5.32. The largest absolute Gasteiger partial charge is 0.342 e. The predicted molar refractivity (Wildman–Crippen MR) is 122 cm³/mol. The van der Waals surface area contributed by atoms with E-state index < -0.39 is 0 Å². The van der Waals surface area contributed by atoms with Crippen molar-refractivity contribution in [1.82, 2.24) is 29.9 Å². The number of aromatic nitrogens is 6. The smallest absolute Gasteiger partial charge is 0.225 e. The molecule has 8 heteroatoms. The van der Waals surface area contributed by atoms with Gasteiger partial charge in [0, 0.05) is 43.1 Å². The molecule has 8 nitrogen and oxygen atoms in total. The van der Waals surface area contributed by atoms with E-state index in [1.807, 2.05) is 54.6 Å². The molecular formula is C24H19N7O. The Morgan fingerprint density at radius 3 is 2.62 bits per heavy atom. The minimum Gasteiger partial charge on any atom is -0.342 e. The molecule has 156 valence electrons. The van der Waals surface area contributed by atoms with Crippen LogP contribution in [0.1, 0.15) is 12.2 Å². The molecule has 0 fully saturated rings. The average molecular weight is 421 g/mol. The highest BCUT2D eigenvalue weighted by Gasteiger charge is 2.13. The standard InChI is InChI=1S/C24H19N7O/c32-23(11-10-21-27-17-7-1-2-8-18(17)28-21)30-22-14-20(16-6-5-12-25-15-16)29-24(31-22)19-9-3-4-13-26-19/h1-9,12-15H,10-11H2,(H,27,28)(H,29,30,31,32). The fraction of sp³-hybridized carbons (Fsp3) is 0.0833. The SMILES string of the molecule is O=C(CCc1nc2ccccc2[nH]1)Nc1cc(-c2cccnc2)nc(-c2ccccn2)n1. The van der Waals surface area contributed by atoms with Crippen molar-refractivity contribution >= 4 is 22.8 Å². The number of hydrogen-bond acceptors (Lipinski definition) is 6. The summed E-state index contributed by atoms with van der Waals surface area (Å²) in [4.78, 5) is 38.0. The van der Waals surface area contributed by atoms with Crippen LogP contribution in [0.2, 0.25) is 0 Å². The molecule has 2 N–H and O–H groups in total. The number of para-hydroxylation sites is 2. The van der Waals surface area contributed by atoms with Gasteiger partial charge in [-0.25, -0.2) is 15.0 Å². The molecule has 4 heterocycles. The second kappa shape index (κ2) is 8.73. The number of aryl methyl sites for hydroxylation is 1. The number of carbonyl (C=O) groups excluding carboxylic acids is 1. The first-order valence-corrected chi connectivity index (χ1v) is 10.2. The van der Waals surface area contributed by atoms with E-state index in [0.29, 0.717) is 29.5 Å². The lowest BCUT2D eigenvalue weighted by atomic mass is 10.2. The molecule has 5 aromatic rings. The van der Waals surface area contributed by atoms with E-state index in [9.17, 15) is 4.79 Å². The first kappa shape index (κ1) is 19.5. The Bertz CT molecular complexity index is 1280. The van der Waals surface area contributed by atoms with E-state index >= 15 is 0 Å². The predicted octanol–water partition coefficient (Wildman–Crippen LogP) is 4.05. The van der Waals surface area contributed by atoms with Gasteiger partial charge in [-0.2, -0.15) is 0 Å². The van der Waals surface area contributed by atoms with Crippen molar-refractivity contribution in [2.75, 3.05) is 5.32 Å².